The Balaban J connectivity index is 1.94. The highest BCUT2D eigenvalue weighted by molar-refractivity contribution is 5.67. The van der Waals surface area contributed by atoms with Crippen LogP contribution >= 0.6 is 0 Å². The quantitative estimate of drug-likeness (QED) is 0.614. The summed E-state index contributed by atoms with van der Waals surface area (Å²) >= 11 is 0. The summed E-state index contributed by atoms with van der Waals surface area (Å²) in [6.45, 7) is 0. The second kappa shape index (κ2) is 5.64. The highest BCUT2D eigenvalue weighted by Crippen LogP contribution is 2.32. The average Bonchev–Trinajstić information content (AvgIpc) is 2.55. The van der Waals surface area contributed by atoms with E-state index in [1.165, 1.54) is 6.07 Å². The standard InChI is InChI=1S/C18H12F3N/c19-18(20,21)16-8-4-7-14(11-16)17-10-9-15(12-22-17)13-5-2-1-3-6-13/h1-12H. The first kappa shape index (κ1) is 14.3. The maximum atomic E-state index is 12.7. The fourth-order valence-corrected chi connectivity index (χ4v) is 2.22. The number of benzene rings is 2. The first-order valence-electron chi connectivity index (χ1n) is 6.73. The molecule has 1 aromatic heterocycles. The highest BCUT2D eigenvalue weighted by atomic mass is 19.4. The van der Waals surface area contributed by atoms with E-state index in [1.807, 2.05) is 36.4 Å². The van der Waals surface area contributed by atoms with Crippen LogP contribution in [0.3, 0.4) is 0 Å². The van der Waals surface area contributed by atoms with Crippen molar-refractivity contribution in [2.75, 3.05) is 0 Å². The molecule has 1 heterocycles. The molecule has 0 bridgehead atoms. The topological polar surface area (TPSA) is 12.9 Å². The Hall–Kier alpha value is -2.62. The van der Waals surface area contributed by atoms with Gasteiger partial charge in [0.2, 0.25) is 0 Å². The second-order valence-electron chi connectivity index (χ2n) is 4.88. The van der Waals surface area contributed by atoms with Crippen LogP contribution in [0.25, 0.3) is 22.4 Å². The fraction of sp³-hybridized carbons (Fsp3) is 0.0556. The minimum Gasteiger partial charge on any atom is -0.256 e. The molecule has 0 unspecified atom stereocenters. The highest BCUT2D eigenvalue weighted by Gasteiger charge is 2.30. The Morgan fingerprint density at radius 1 is 0.682 bits per heavy atom. The molecule has 110 valence electrons. The van der Waals surface area contributed by atoms with Crippen molar-refractivity contribution in [1.82, 2.24) is 4.98 Å². The molecule has 3 rings (SSSR count). The first-order valence-corrected chi connectivity index (χ1v) is 6.73. The molecule has 1 nitrogen and oxygen atoms in total. The van der Waals surface area contributed by atoms with E-state index < -0.39 is 11.7 Å². The van der Waals surface area contributed by atoms with Crippen LogP contribution in [0.1, 0.15) is 5.56 Å². The molecule has 22 heavy (non-hydrogen) atoms. The molecule has 0 atom stereocenters. The molecule has 0 saturated heterocycles. The smallest absolute Gasteiger partial charge is 0.256 e. The molecule has 0 aliphatic heterocycles. The number of halogens is 3. The fourth-order valence-electron chi connectivity index (χ4n) is 2.22. The number of hydrogen-bond acceptors (Lipinski definition) is 1. The van der Waals surface area contributed by atoms with Crippen molar-refractivity contribution in [2.24, 2.45) is 0 Å². The number of rotatable bonds is 2. The van der Waals surface area contributed by atoms with Crippen LogP contribution < -0.4 is 0 Å². The molecule has 0 aliphatic carbocycles. The Bertz CT molecular complexity index is 762. The minimum atomic E-state index is -4.35. The molecule has 0 aliphatic rings. The molecule has 0 saturated carbocycles. The Kier molecular flexibility index (Phi) is 3.67. The maximum Gasteiger partial charge on any atom is 0.416 e. The first-order chi connectivity index (χ1) is 10.5. The SMILES string of the molecule is FC(F)(F)c1cccc(-c2ccc(-c3ccccc3)cn2)c1. The molecular weight excluding hydrogens is 287 g/mol. The summed E-state index contributed by atoms with van der Waals surface area (Å²) in [4.78, 5) is 4.28. The van der Waals surface area contributed by atoms with Crippen molar-refractivity contribution < 1.29 is 13.2 Å². The molecule has 4 heteroatoms. The van der Waals surface area contributed by atoms with Crippen LogP contribution in [-0.4, -0.2) is 4.98 Å². The van der Waals surface area contributed by atoms with Gasteiger partial charge in [-0.1, -0.05) is 48.5 Å². The lowest BCUT2D eigenvalue weighted by Crippen LogP contribution is -2.04. The second-order valence-corrected chi connectivity index (χ2v) is 4.88. The molecular formula is C18H12F3N. The lowest BCUT2D eigenvalue weighted by molar-refractivity contribution is -0.137. The summed E-state index contributed by atoms with van der Waals surface area (Å²) in [5.41, 5.74) is 2.25. The van der Waals surface area contributed by atoms with E-state index in [0.717, 1.165) is 23.3 Å². The summed E-state index contributed by atoms with van der Waals surface area (Å²) in [5, 5.41) is 0. The van der Waals surface area contributed by atoms with Crippen LogP contribution in [0.5, 0.6) is 0 Å². The third-order valence-electron chi connectivity index (χ3n) is 3.36. The van der Waals surface area contributed by atoms with Crippen LogP contribution in [0, 0.1) is 0 Å². The summed E-state index contributed by atoms with van der Waals surface area (Å²) in [5.74, 6) is 0. The molecule has 2 aromatic carbocycles. The number of hydrogen-bond donors (Lipinski definition) is 0. The third kappa shape index (κ3) is 3.01. The van der Waals surface area contributed by atoms with Crippen LogP contribution in [0.15, 0.2) is 72.9 Å². The van der Waals surface area contributed by atoms with E-state index in [9.17, 15) is 13.2 Å². The van der Waals surface area contributed by atoms with Gasteiger partial charge in [0.25, 0.3) is 0 Å². The summed E-state index contributed by atoms with van der Waals surface area (Å²) in [6.07, 6.45) is -2.68. The summed E-state index contributed by atoms with van der Waals surface area (Å²) in [6, 6.07) is 18.5. The van der Waals surface area contributed by atoms with E-state index in [2.05, 4.69) is 4.98 Å². The van der Waals surface area contributed by atoms with Crippen molar-refractivity contribution >= 4 is 0 Å². The number of alkyl halides is 3. The summed E-state index contributed by atoms with van der Waals surface area (Å²) in [7, 11) is 0. The van der Waals surface area contributed by atoms with Crippen molar-refractivity contribution in [1.29, 1.82) is 0 Å². The number of aromatic nitrogens is 1. The number of nitrogens with zero attached hydrogens (tertiary/aromatic N) is 1. The van der Waals surface area contributed by atoms with Gasteiger partial charge in [-0.05, 0) is 23.8 Å². The molecule has 0 amide bonds. The maximum absolute atomic E-state index is 12.7. The van der Waals surface area contributed by atoms with Crippen LogP contribution in [0.4, 0.5) is 13.2 Å². The molecule has 0 spiro atoms. The van der Waals surface area contributed by atoms with E-state index in [1.54, 1.807) is 18.3 Å². The predicted molar refractivity (Wildman–Crippen MR) is 80.1 cm³/mol. The number of pyridine rings is 1. The lowest BCUT2D eigenvalue weighted by Gasteiger charge is -2.09. The van der Waals surface area contributed by atoms with Gasteiger partial charge in [0, 0.05) is 17.3 Å². The lowest BCUT2D eigenvalue weighted by atomic mass is 10.0. The van der Waals surface area contributed by atoms with Crippen molar-refractivity contribution in [3.05, 3.63) is 78.5 Å². The van der Waals surface area contributed by atoms with Crippen molar-refractivity contribution in [3.8, 4) is 22.4 Å². The van der Waals surface area contributed by atoms with Gasteiger partial charge < -0.3 is 0 Å². The van der Waals surface area contributed by atoms with Gasteiger partial charge >= 0.3 is 6.18 Å². The normalized spacial score (nSPS) is 11.4. The van der Waals surface area contributed by atoms with Gasteiger partial charge in [-0.15, -0.1) is 0 Å². The molecule has 3 aromatic rings. The average molecular weight is 299 g/mol. The van der Waals surface area contributed by atoms with Crippen LogP contribution in [0.2, 0.25) is 0 Å². The zero-order valence-corrected chi connectivity index (χ0v) is 11.5. The molecule has 0 radical (unpaired) electrons. The minimum absolute atomic E-state index is 0.453. The Labute approximate surface area is 126 Å². The Morgan fingerprint density at radius 3 is 2.05 bits per heavy atom. The Morgan fingerprint density at radius 2 is 1.41 bits per heavy atom. The van der Waals surface area contributed by atoms with E-state index in [-0.39, 0.29) is 0 Å². The molecule has 0 fully saturated rings. The van der Waals surface area contributed by atoms with E-state index >= 15 is 0 Å². The van der Waals surface area contributed by atoms with Gasteiger partial charge in [0.05, 0.1) is 11.3 Å². The van der Waals surface area contributed by atoms with E-state index in [4.69, 9.17) is 0 Å². The van der Waals surface area contributed by atoms with Crippen LogP contribution in [-0.2, 0) is 6.18 Å². The van der Waals surface area contributed by atoms with E-state index in [0.29, 0.717) is 11.3 Å². The predicted octanol–water partition coefficient (Wildman–Crippen LogP) is 5.43. The monoisotopic (exact) mass is 299 g/mol. The summed E-state index contributed by atoms with van der Waals surface area (Å²) < 4.78 is 38.2. The van der Waals surface area contributed by atoms with Gasteiger partial charge in [-0.3, -0.25) is 4.98 Å². The largest absolute Gasteiger partial charge is 0.416 e. The zero-order valence-electron chi connectivity index (χ0n) is 11.5. The van der Waals surface area contributed by atoms with Gasteiger partial charge in [-0.25, -0.2) is 0 Å². The van der Waals surface area contributed by atoms with Gasteiger partial charge in [0.1, 0.15) is 0 Å². The molecule has 0 N–H and O–H groups in total. The third-order valence-corrected chi connectivity index (χ3v) is 3.36. The van der Waals surface area contributed by atoms with Crippen molar-refractivity contribution in [2.45, 2.75) is 6.18 Å². The van der Waals surface area contributed by atoms with Crippen molar-refractivity contribution in [3.63, 3.8) is 0 Å². The zero-order chi connectivity index (χ0) is 15.6. The van der Waals surface area contributed by atoms with Gasteiger partial charge in [-0.2, -0.15) is 13.2 Å². The van der Waals surface area contributed by atoms with Gasteiger partial charge in [0.15, 0.2) is 0 Å².